The third-order valence-electron chi connectivity index (χ3n) is 0.958. The van der Waals surface area contributed by atoms with E-state index in [1.807, 2.05) is 0 Å². The van der Waals surface area contributed by atoms with Crippen LogP contribution in [0.1, 0.15) is 0 Å². The number of aliphatic imine (C=N–C) groups is 1. The lowest BCUT2D eigenvalue weighted by atomic mass is 10.3. The highest BCUT2D eigenvalue weighted by Gasteiger charge is 1.94. The fourth-order valence-electron chi connectivity index (χ4n) is 0.542. The summed E-state index contributed by atoms with van der Waals surface area (Å²) >= 11 is 4.30. The van der Waals surface area contributed by atoms with E-state index in [-0.39, 0.29) is 5.69 Å². The molecule has 1 aromatic rings. The molecule has 3 heteroatoms. The molecule has 0 bridgehead atoms. The van der Waals surface area contributed by atoms with Gasteiger partial charge in [0.1, 0.15) is 11.5 Å². The van der Waals surface area contributed by atoms with Gasteiger partial charge in [-0.25, -0.2) is 4.39 Å². The zero-order valence-electron chi connectivity index (χ0n) is 4.97. The first-order valence-electron chi connectivity index (χ1n) is 2.58. The Bertz CT molecular complexity index is 279. The van der Waals surface area contributed by atoms with E-state index in [4.69, 9.17) is 0 Å². The first-order chi connectivity index (χ1) is 4.84. The second kappa shape index (κ2) is 3.20. The van der Waals surface area contributed by atoms with Gasteiger partial charge < -0.3 is 0 Å². The van der Waals surface area contributed by atoms with Crippen molar-refractivity contribution in [2.24, 2.45) is 4.99 Å². The van der Waals surface area contributed by atoms with Crippen LogP contribution < -0.4 is 0 Å². The molecule has 0 spiro atoms. The minimum Gasteiger partial charge on any atom is -0.205 e. The lowest BCUT2D eigenvalue weighted by molar-refractivity contribution is 0.630. The maximum Gasteiger partial charge on any atom is 0.150 e. The summed E-state index contributed by atoms with van der Waals surface area (Å²) in [6.07, 6.45) is 0. The van der Waals surface area contributed by atoms with Gasteiger partial charge in [-0.3, -0.25) is 0 Å². The van der Waals surface area contributed by atoms with Gasteiger partial charge in [0.05, 0.1) is 5.16 Å². The second-order valence-electron chi connectivity index (χ2n) is 1.58. The van der Waals surface area contributed by atoms with E-state index >= 15 is 0 Å². The molecule has 1 radical (unpaired) electrons. The first-order valence-corrected chi connectivity index (χ1v) is 2.99. The molecule has 10 heavy (non-hydrogen) atoms. The van der Waals surface area contributed by atoms with E-state index in [0.29, 0.717) is 0 Å². The Hall–Kier alpha value is -1.05. The molecule has 0 saturated carbocycles. The number of nitrogens with zero attached hydrogens (tertiary/aromatic N) is 1. The molecule has 1 nitrogen and oxygen atoms in total. The van der Waals surface area contributed by atoms with E-state index in [1.165, 1.54) is 12.1 Å². The Balaban J connectivity index is 3.14. The van der Waals surface area contributed by atoms with Gasteiger partial charge in [-0.2, -0.15) is 4.99 Å². The summed E-state index contributed by atoms with van der Waals surface area (Å²) in [7, 11) is 0. The van der Waals surface area contributed by atoms with Crippen LogP contribution in [0.5, 0.6) is 0 Å². The van der Waals surface area contributed by atoms with E-state index in [9.17, 15) is 4.39 Å². The van der Waals surface area contributed by atoms with Gasteiger partial charge in [-0.1, -0.05) is 6.07 Å². The van der Waals surface area contributed by atoms with Crippen LogP contribution in [0.15, 0.2) is 23.2 Å². The Kier molecular flexibility index (Phi) is 2.26. The molecular formula is C7H3FNS. The van der Waals surface area contributed by atoms with Crippen molar-refractivity contribution in [3.05, 3.63) is 30.1 Å². The zero-order chi connectivity index (χ0) is 7.40. The lowest BCUT2D eigenvalue weighted by Gasteiger charge is -1.89. The average Bonchev–Trinajstić information content (AvgIpc) is 1.94. The van der Waals surface area contributed by atoms with Crippen molar-refractivity contribution in [1.82, 2.24) is 0 Å². The summed E-state index contributed by atoms with van der Waals surface area (Å²) in [5.74, 6) is -0.431. The van der Waals surface area contributed by atoms with E-state index in [0.717, 1.165) is 0 Å². The summed E-state index contributed by atoms with van der Waals surface area (Å²) < 4.78 is 12.6. The highest BCUT2D eigenvalue weighted by molar-refractivity contribution is 7.78. The van der Waals surface area contributed by atoms with Crippen LogP contribution in [0.4, 0.5) is 10.1 Å². The van der Waals surface area contributed by atoms with Crippen molar-refractivity contribution in [3.63, 3.8) is 0 Å². The van der Waals surface area contributed by atoms with Crippen LogP contribution in [-0.4, -0.2) is 5.16 Å². The van der Waals surface area contributed by atoms with Crippen molar-refractivity contribution < 1.29 is 4.39 Å². The smallest absolute Gasteiger partial charge is 0.150 e. The zero-order valence-corrected chi connectivity index (χ0v) is 5.78. The van der Waals surface area contributed by atoms with Crippen LogP contribution in [-0.2, 0) is 0 Å². The predicted molar refractivity (Wildman–Crippen MR) is 39.9 cm³/mol. The molecular weight excluding hydrogens is 149 g/mol. The number of hydrogen-bond acceptors (Lipinski definition) is 2. The summed E-state index contributed by atoms with van der Waals surface area (Å²) in [6, 6.07) is 6.81. The van der Waals surface area contributed by atoms with Gasteiger partial charge in [-0.05, 0) is 30.4 Å². The molecule has 0 aromatic heterocycles. The summed E-state index contributed by atoms with van der Waals surface area (Å²) in [5, 5.41) is 2.08. The molecule has 0 atom stereocenters. The quantitative estimate of drug-likeness (QED) is 0.444. The molecule has 0 amide bonds. The second-order valence-corrected chi connectivity index (χ2v) is 1.76. The first kappa shape index (κ1) is 7.06. The number of halogens is 1. The fourth-order valence-corrected chi connectivity index (χ4v) is 0.640. The minimum absolute atomic E-state index is 0.203. The SMILES string of the molecule is Fc1c[c]ccc1N=C=S. The van der Waals surface area contributed by atoms with E-state index in [2.05, 4.69) is 28.4 Å². The number of hydrogen-bond donors (Lipinski definition) is 0. The summed E-state index contributed by atoms with van der Waals surface area (Å²) in [4.78, 5) is 3.48. The van der Waals surface area contributed by atoms with Crippen molar-refractivity contribution in [1.29, 1.82) is 0 Å². The molecule has 49 valence electrons. The molecule has 0 N–H and O–H groups in total. The molecule has 0 aliphatic heterocycles. The van der Waals surface area contributed by atoms with Crippen molar-refractivity contribution in [2.45, 2.75) is 0 Å². The Morgan fingerprint density at radius 1 is 1.70 bits per heavy atom. The Labute approximate surface area is 63.2 Å². The third-order valence-corrected chi connectivity index (χ3v) is 1.05. The normalized spacial score (nSPS) is 8.50. The van der Waals surface area contributed by atoms with Crippen LogP contribution >= 0.6 is 12.2 Å². The van der Waals surface area contributed by atoms with Gasteiger partial charge in [-0.15, -0.1) is 0 Å². The largest absolute Gasteiger partial charge is 0.205 e. The van der Waals surface area contributed by atoms with Crippen LogP contribution in [0.3, 0.4) is 0 Å². The minimum atomic E-state index is -0.431. The number of thiocarbonyl (C=S) groups is 1. The van der Waals surface area contributed by atoms with Crippen LogP contribution in [0.25, 0.3) is 0 Å². The number of isothiocyanates is 1. The third kappa shape index (κ3) is 1.47. The lowest BCUT2D eigenvalue weighted by Crippen LogP contribution is -1.71. The molecule has 0 heterocycles. The molecule has 0 fully saturated rings. The molecule has 1 aromatic carbocycles. The highest BCUT2D eigenvalue weighted by Crippen LogP contribution is 2.14. The van der Waals surface area contributed by atoms with E-state index < -0.39 is 5.82 Å². The van der Waals surface area contributed by atoms with Gasteiger partial charge in [0.2, 0.25) is 0 Å². The predicted octanol–water partition coefficient (Wildman–Crippen LogP) is 2.36. The topological polar surface area (TPSA) is 12.4 Å². The molecule has 0 unspecified atom stereocenters. The van der Waals surface area contributed by atoms with Crippen molar-refractivity contribution in [3.8, 4) is 0 Å². The monoisotopic (exact) mass is 152 g/mol. The van der Waals surface area contributed by atoms with Gasteiger partial charge in [0, 0.05) is 0 Å². The summed E-state index contributed by atoms with van der Waals surface area (Å²) in [5.41, 5.74) is 0.203. The van der Waals surface area contributed by atoms with Crippen LogP contribution in [0, 0.1) is 11.9 Å². The van der Waals surface area contributed by atoms with Crippen molar-refractivity contribution >= 4 is 23.1 Å². The van der Waals surface area contributed by atoms with E-state index in [1.54, 1.807) is 6.07 Å². The fraction of sp³-hybridized carbons (Fsp3) is 0. The number of rotatable bonds is 1. The van der Waals surface area contributed by atoms with Gasteiger partial charge in [0.25, 0.3) is 0 Å². The maximum atomic E-state index is 12.6. The standard InChI is InChI=1S/C7H3FNS/c8-6-3-1-2-4-7(6)9-5-10/h2-4H. The van der Waals surface area contributed by atoms with Crippen molar-refractivity contribution in [2.75, 3.05) is 0 Å². The summed E-state index contributed by atoms with van der Waals surface area (Å²) in [6.45, 7) is 0. The van der Waals surface area contributed by atoms with Gasteiger partial charge in [0.15, 0.2) is 0 Å². The Morgan fingerprint density at radius 2 is 2.50 bits per heavy atom. The molecule has 0 aliphatic rings. The van der Waals surface area contributed by atoms with Gasteiger partial charge >= 0.3 is 0 Å². The molecule has 0 aliphatic carbocycles. The average molecular weight is 152 g/mol. The number of benzene rings is 1. The highest BCUT2D eigenvalue weighted by atomic mass is 32.1. The Morgan fingerprint density at radius 3 is 3.10 bits per heavy atom. The molecule has 0 saturated heterocycles. The maximum absolute atomic E-state index is 12.6. The van der Waals surface area contributed by atoms with Crippen LogP contribution in [0.2, 0.25) is 0 Å². The molecule has 1 rings (SSSR count).